The number of hydrogen-bond donors (Lipinski definition) is 1. The largest absolute Gasteiger partial charge is 0.492 e. The molecule has 1 aliphatic heterocycles. The van der Waals surface area contributed by atoms with Gasteiger partial charge in [-0.2, -0.15) is 4.31 Å². The number of carboxylic acids is 1. The van der Waals surface area contributed by atoms with Crippen LogP contribution in [0.2, 0.25) is 0 Å². The molecule has 23 heavy (non-hydrogen) atoms. The Bertz CT molecular complexity index is 710. The summed E-state index contributed by atoms with van der Waals surface area (Å²) >= 11 is 0. The van der Waals surface area contributed by atoms with Crippen LogP contribution in [0.25, 0.3) is 0 Å². The molecule has 7 nitrogen and oxygen atoms in total. The second-order valence-corrected chi connectivity index (χ2v) is 7.28. The van der Waals surface area contributed by atoms with Crippen LogP contribution in [0.3, 0.4) is 0 Å². The quantitative estimate of drug-likeness (QED) is 0.883. The van der Waals surface area contributed by atoms with Crippen molar-refractivity contribution in [2.75, 3.05) is 20.2 Å². The van der Waals surface area contributed by atoms with Crippen molar-refractivity contribution in [1.82, 2.24) is 4.31 Å². The van der Waals surface area contributed by atoms with E-state index in [1.54, 1.807) is 13.8 Å². The van der Waals surface area contributed by atoms with Gasteiger partial charge in [0, 0.05) is 13.1 Å². The molecule has 9 heteroatoms. The van der Waals surface area contributed by atoms with E-state index < -0.39 is 38.0 Å². The average Bonchev–Trinajstić information content (AvgIpc) is 2.45. The van der Waals surface area contributed by atoms with E-state index in [0.717, 1.165) is 23.5 Å². The second-order valence-electron chi connectivity index (χ2n) is 5.37. The van der Waals surface area contributed by atoms with Crippen LogP contribution in [0.4, 0.5) is 4.39 Å². The zero-order chi connectivity index (χ0) is 17.4. The van der Waals surface area contributed by atoms with Crippen LogP contribution in [0.1, 0.15) is 24.2 Å². The lowest BCUT2D eigenvalue weighted by molar-refractivity contribution is -0.0441. The van der Waals surface area contributed by atoms with Gasteiger partial charge in [0.15, 0.2) is 11.6 Å². The zero-order valence-electron chi connectivity index (χ0n) is 12.9. The molecule has 0 aliphatic carbocycles. The van der Waals surface area contributed by atoms with E-state index in [1.165, 1.54) is 0 Å². The third-order valence-electron chi connectivity index (χ3n) is 3.46. The maximum Gasteiger partial charge on any atom is 0.335 e. The number of aromatic carboxylic acids is 1. The van der Waals surface area contributed by atoms with Crippen LogP contribution in [-0.4, -0.2) is 56.2 Å². The predicted octanol–water partition coefficient (Wildman–Crippen LogP) is 1.33. The normalized spacial score (nSPS) is 22.8. The monoisotopic (exact) mass is 347 g/mol. The highest BCUT2D eigenvalue weighted by molar-refractivity contribution is 7.89. The SMILES string of the molecule is COc1c(F)cc(C(=O)O)cc1S(=O)(=O)N1CC(C)OC(C)C1. The molecule has 0 spiro atoms. The summed E-state index contributed by atoms with van der Waals surface area (Å²) in [6, 6.07) is 1.63. The minimum absolute atomic E-state index is 0.0920. The van der Waals surface area contributed by atoms with Crippen molar-refractivity contribution >= 4 is 16.0 Å². The van der Waals surface area contributed by atoms with Crippen molar-refractivity contribution in [3.63, 3.8) is 0 Å². The van der Waals surface area contributed by atoms with E-state index in [9.17, 15) is 17.6 Å². The first-order chi connectivity index (χ1) is 10.7. The number of rotatable bonds is 4. The number of nitrogens with zero attached hydrogens (tertiary/aromatic N) is 1. The Kier molecular flexibility index (Phi) is 4.92. The number of sulfonamides is 1. The summed E-state index contributed by atoms with van der Waals surface area (Å²) in [6.45, 7) is 3.64. The van der Waals surface area contributed by atoms with Gasteiger partial charge < -0.3 is 14.6 Å². The zero-order valence-corrected chi connectivity index (χ0v) is 13.8. The van der Waals surface area contributed by atoms with E-state index in [2.05, 4.69) is 0 Å². The van der Waals surface area contributed by atoms with Crippen LogP contribution in [0.5, 0.6) is 5.75 Å². The maximum absolute atomic E-state index is 14.0. The maximum atomic E-state index is 14.0. The number of benzene rings is 1. The van der Waals surface area contributed by atoms with Crippen molar-refractivity contribution in [3.05, 3.63) is 23.5 Å². The highest BCUT2D eigenvalue weighted by atomic mass is 32.2. The topological polar surface area (TPSA) is 93.1 Å². The van der Waals surface area contributed by atoms with Crippen LogP contribution >= 0.6 is 0 Å². The Morgan fingerprint density at radius 2 is 1.91 bits per heavy atom. The number of carboxylic acid groups (broad SMARTS) is 1. The van der Waals surface area contributed by atoms with E-state index in [4.69, 9.17) is 14.6 Å². The third kappa shape index (κ3) is 3.46. The molecule has 2 rings (SSSR count). The minimum atomic E-state index is -4.12. The molecular formula is C14H18FNO6S. The molecule has 1 aromatic rings. The van der Waals surface area contributed by atoms with Gasteiger partial charge in [-0.3, -0.25) is 0 Å². The van der Waals surface area contributed by atoms with Crippen LogP contribution in [0.15, 0.2) is 17.0 Å². The van der Waals surface area contributed by atoms with Gasteiger partial charge in [-0.25, -0.2) is 17.6 Å². The van der Waals surface area contributed by atoms with Crippen LogP contribution in [-0.2, 0) is 14.8 Å². The fourth-order valence-corrected chi connectivity index (χ4v) is 4.33. The molecule has 128 valence electrons. The number of hydrogen-bond acceptors (Lipinski definition) is 5. The van der Waals surface area contributed by atoms with E-state index in [0.29, 0.717) is 0 Å². The fraction of sp³-hybridized carbons (Fsp3) is 0.500. The van der Waals surface area contributed by atoms with Crippen LogP contribution in [0, 0.1) is 5.82 Å². The Labute approximate surface area is 133 Å². The molecule has 0 aromatic heterocycles. The summed E-state index contributed by atoms with van der Waals surface area (Å²) in [4.78, 5) is 10.6. The van der Waals surface area contributed by atoms with Crippen molar-refractivity contribution < 1.29 is 32.2 Å². The van der Waals surface area contributed by atoms with Crippen molar-refractivity contribution in [1.29, 1.82) is 0 Å². The molecule has 2 atom stereocenters. The highest BCUT2D eigenvalue weighted by Gasteiger charge is 2.35. The van der Waals surface area contributed by atoms with Gasteiger partial charge in [-0.1, -0.05) is 0 Å². The Morgan fingerprint density at radius 3 is 2.39 bits per heavy atom. The van der Waals surface area contributed by atoms with Gasteiger partial charge in [-0.15, -0.1) is 0 Å². The van der Waals surface area contributed by atoms with Gasteiger partial charge in [0.1, 0.15) is 4.90 Å². The Hall–Kier alpha value is -1.71. The summed E-state index contributed by atoms with van der Waals surface area (Å²) in [6.07, 6.45) is -0.654. The lowest BCUT2D eigenvalue weighted by Crippen LogP contribution is -2.48. The van der Waals surface area contributed by atoms with Crippen molar-refractivity contribution in [2.45, 2.75) is 31.0 Å². The smallest absolute Gasteiger partial charge is 0.335 e. The molecule has 1 saturated heterocycles. The lowest BCUT2D eigenvalue weighted by Gasteiger charge is -2.34. The molecule has 1 N–H and O–H groups in total. The van der Waals surface area contributed by atoms with Crippen LogP contribution < -0.4 is 4.74 Å². The summed E-state index contributed by atoms with van der Waals surface area (Å²) in [5.41, 5.74) is -0.462. The molecule has 0 saturated carbocycles. The minimum Gasteiger partial charge on any atom is -0.492 e. The molecule has 1 fully saturated rings. The summed E-state index contributed by atoms with van der Waals surface area (Å²) in [5.74, 6) is -2.96. The standard InChI is InChI=1S/C14H18FNO6S/c1-8-6-16(7-9(2)22-8)23(19,20)12-5-10(14(17)18)4-11(15)13(12)21-3/h4-5,8-9H,6-7H2,1-3H3,(H,17,18). The molecule has 0 bridgehead atoms. The number of carbonyl (C=O) groups is 1. The summed E-state index contributed by atoms with van der Waals surface area (Å²) in [7, 11) is -3.00. The summed E-state index contributed by atoms with van der Waals surface area (Å²) < 4.78 is 51.1. The summed E-state index contributed by atoms with van der Waals surface area (Å²) in [5, 5.41) is 9.02. The van der Waals surface area contributed by atoms with Gasteiger partial charge in [0.05, 0.1) is 24.9 Å². The number of ether oxygens (including phenoxy) is 2. The molecule has 1 aromatic carbocycles. The number of halogens is 1. The first-order valence-corrected chi connectivity index (χ1v) is 8.37. The first kappa shape index (κ1) is 17.6. The Balaban J connectivity index is 2.56. The van der Waals surface area contributed by atoms with Crippen molar-refractivity contribution in [2.24, 2.45) is 0 Å². The van der Waals surface area contributed by atoms with E-state index in [-0.39, 0.29) is 25.3 Å². The lowest BCUT2D eigenvalue weighted by atomic mass is 10.2. The average molecular weight is 347 g/mol. The molecule has 2 unspecified atom stereocenters. The molecule has 0 amide bonds. The van der Waals surface area contributed by atoms with Gasteiger partial charge in [0.25, 0.3) is 0 Å². The highest BCUT2D eigenvalue weighted by Crippen LogP contribution is 2.32. The fourth-order valence-electron chi connectivity index (χ4n) is 2.55. The molecule has 1 aliphatic rings. The Morgan fingerprint density at radius 1 is 1.35 bits per heavy atom. The second kappa shape index (κ2) is 6.42. The number of morpholine rings is 1. The van der Waals surface area contributed by atoms with Gasteiger partial charge in [-0.05, 0) is 26.0 Å². The first-order valence-electron chi connectivity index (χ1n) is 6.93. The third-order valence-corrected chi connectivity index (χ3v) is 5.30. The van der Waals surface area contributed by atoms with E-state index in [1.807, 2.05) is 0 Å². The molecular weight excluding hydrogens is 329 g/mol. The predicted molar refractivity (Wildman–Crippen MR) is 78.7 cm³/mol. The number of methoxy groups -OCH3 is 1. The molecule has 1 heterocycles. The van der Waals surface area contributed by atoms with Gasteiger partial charge in [0.2, 0.25) is 10.0 Å². The van der Waals surface area contributed by atoms with E-state index >= 15 is 0 Å². The molecule has 0 radical (unpaired) electrons. The van der Waals surface area contributed by atoms with Gasteiger partial charge >= 0.3 is 5.97 Å². The van der Waals surface area contributed by atoms with Crippen molar-refractivity contribution in [3.8, 4) is 5.75 Å².